The number of carbonyl (C=O) groups excluding carboxylic acids is 1. The Labute approximate surface area is 127 Å². The molecule has 6 heteroatoms. The molecule has 0 aliphatic rings. The zero-order chi connectivity index (χ0) is 15.0. The van der Waals surface area contributed by atoms with Gasteiger partial charge < -0.3 is 20.5 Å². The minimum absolute atomic E-state index is 0.162. The Bertz CT molecular complexity index is 452. The van der Waals surface area contributed by atoms with E-state index in [1.54, 1.807) is 7.11 Å². The number of primary amides is 1. The van der Waals surface area contributed by atoms with Crippen LogP contribution in [0.25, 0.3) is 0 Å². The summed E-state index contributed by atoms with van der Waals surface area (Å²) in [5.74, 6) is 0.601. The number of hydrogen-bond donors (Lipinski definition) is 2. The molecule has 1 amide bonds. The number of halogens is 1. The van der Waals surface area contributed by atoms with Gasteiger partial charge in [0, 0.05) is 10.0 Å². The molecule has 0 saturated carbocycles. The molecule has 0 heterocycles. The molecule has 0 aromatic heterocycles. The van der Waals surface area contributed by atoms with Crippen LogP contribution in [0.3, 0.4) is 0 Å². The highest BCUT2D eigenvalue weighted by atomic mass is 79.9. The van der Waals surface area contributed by atoms with Gasteiger partial charge in [0.15, 0.2) is 18.1 Å². The van der Waals surface area contributed by atoms with Gasteiger partial charge in [-0.2, -0.15) is 0 Å². The number of unbranched alkanes of at least 4 members (excludes halogenated alkanes) is 1. The van der Waals surface area contributed by atoms with Gasteiger partial charge in [0.2, 0.25) is 0 Å². The van der Waals surface area contributed by atoms with Crippen molar-refractivity contribution in [2.75, 3.05) is 20.3 Å². The van der Waals surface area contributed by atoms with Crippen LogP contribution in [0.4, 0.5) is 0 Å². The number of nitrogens with two attached hydrogens (primary N) is 2. The van der Waals surface area contributed by atoms with E-state index >= 15 is 0 Å². The van der Waals surface area contributed by atoms with Gasteiger partial charge in [-0.15, -0.1) is 0 Å². The van der Waals surface area contributed by atoms with Crippen molar-refractivity contribution in [2.45, 2.75) is 26.3 Å². The second kappa shape index (κ2) is 8.81. The first-order chi connectivity index (χ1) is 9.58. The Morgan fingerprint density at radius 1 is 1.40 bits per heavy atom. The summed E-state index contributed by atoms with van der Waals surface area (Å²) in [5, 5.41) is 2.26. The third-order valence-electron chi connectivity index (χ3n) is 2.83. The summed E-state index contributed by atoms with van der Waals surface area (Å²) in [6.07, 6.45) is 2.40. The van der Waals surface area contributed by atoms with Crippen LogP contribution < -0.4 is 20.5 Å². The third kappa shape index (κ3) is 5.38. The van der Waals surface area contributed by atoms with Crippen molar-refractivity contribution in [3.63, 3.8) is 0 Å². The topological polar surface area (TPSA) is 78.2 Å². The van der Waals surface area contributed by atoms with Crippen LogP contribution in [-0.2, 0) is 11.3 Å². The maximum Gasteiger partial charge on any atom is 0.255 e. The van der Waals surface area contributed by atoms with Crippen molar-refractivity contribution in [1.29, 1.82) is 0 Å². The minimum Gasteiger partial charge on any atom is -0.493 e. The second-order valence-electron chi connectivity index (χ2n) is 4.48. The molecule has 5 nitrogen and oxygen atoms in total. The standard InChI is InChI=1S/C14H21BrN2O3/c1-3-4-5-17-8-10-6-12(19-2)13(7-11(10)15)20-9-14(16)18/h6-7,17H,3-5,8-9H2,1-2H3,(H2,16,18)/p+1. The molecule has 0 bridgehead atoms. The number of amides is 1. The molecule has 0 radical (unpaired) electrons. The Morgan fingerprint density at radius 3 is 2.75 bits per heavy atom. The van der Waals surface area contributed by atoms with Crippen molar-refractivity contribution in [1.82, 2.24) is 0 Å². The maximum absolute atomic E-state index is 10.8. The number of rotatable bonds is 9. The molecule has 20 heavy (non-hydrogen) atoms. The van der Waals surface area contributed by atoms with Gasteiger partial charge in [0.1, 0.15) is 6.54 Å². The van der Waals surface area contributed by atoms with E-state index < -0.39 is 5.91 Å². The molecule has 1 rings (SSSR count). The molecular formula is C14H22BrN2O3+. The predicted octanol–water partition coefficient (Wildman–Crippen LogP) is 1.19. The molecule has 1 aromatic rings. The first-order valence-corrected chi connectivity index (χ1v) is 7.47. The normalized spacial score (nSPS) is 10.3. The lowest BCUT2D eigenvalue weighted by molar-refractivity contribution is -0.671. The molecule has 1 aromatic carbocycles. The average Bonchev–Trinajstić information content (AvgIpc) is 2.42. The maximum atomic E-state index is 10.8. The lowest BCUT2D eigenvalue weighted by Gasteiger charge is -2.12. The van der Waals surface area contributed by atoms with Crippen LogP contribution in [0.2, 0.25) is 0 Å². The molecule has 0 spiro atoms. The van der Waals surface area contributed by atoms with Gasteiger partial charge in [0.05, 0.1) is 13.7 Å². The number of hydrogen-bond acceptors (Lipinski definition) is 3. The van der Waals surface area contributed by atoms with Gasteiger partial charge in [-0.25, -0.2) is 0 Å². The summed E-state index contributed by atoms with van der Waals surface area (Å²) in [4.78, 5) is 10.8. The highest BCUT2D eigenvalue weighted by Gasteiger charge is 2.12. The summed E-state index contributed by atoms with van der Waals surface area (Å²) < 4.78 is 11.6. The minimum atomic E-state index is -0.514. The summed E-state index contributed by atoms with van der Waals surface area (Å²) >= 11 is 3.51. The molecule has 0 aliphatic carbocycles. The monoisotopic (exact) mass is 345 g/mol. The fraction of sp³-hybridized carbons (Fsp3) is 0.500. The van der Waals surface area contributed by atoms with Crippen LogP contribution in [0.15, 0.2) is 16.6 Å². The highest BCUT2D eigenvalue weighted by Crippen LogP contribution is 2.33. The van der Waals surface area contributed by atoms with Gasteiger partial charge in [-0.1, -0.05) is 29.3 Å². The van der Waals surface area contributed by atoms with E-state index in [-0.39, 0.29) is 6.61 Å². The summed E-state index contributed by atoms with van der Waals surface area (Å²) in [6, 6.07) is 3.73. The molecule has 0 atom stereocenters. The molecule has 0 saturated heterocycles. The Balaban J connectivity index is 2.75. The van der Waals surface area contributed by atoms with Crippen molar-refractivity contribution in [3.05, 3.63) is 22.2 Å². The van der Waals surface area contributed by atoms with Crippen molar-refractivity contribution >= 4 is 21.8 Å². The summed E-state index contributed by atoms with van der Waals surface area (Å²) in [5.41, 5.74) is 6.20. The SMILES string of the molecule is CCCC[NH2+]Cc1cc(OC)c(OCC(N)=O)cc1Br. The first kappa shape index (κ1) is 16.8. The molecule has 112 valence electrons. The van der Waals surface area contributed by atoms with Gasteiger partial charge in [0.25, 0.3) is 5.91 Å². The zero-order valence-electron chi connectivity index (χ0n) is 11.9. The van der Waals surface area contributed by atoms with Crippen LogP contribution in [-0.4, -0.2) is 26.2 Å². The van der Waals surface area contributed by atoms with Crippen LogP contribution in [0.1, 0.15) is 25.3 Å². The number of benzene rings is 1. The van der Waals surface area contributed by atoms with E-state index in [4.69, 9.17) is 15.2 Å². The van der Waals surface area contributed by atoms with Crippen LogP contribution in [0, 0.1) is 0 Å². The lowest BCUT2D eigenvalue weighted by atomic mass is 10.2. The zero-order valence-corrected chi connectivity index (χ0v) is 13.5. The fourth-order valence-corrected chi connectivity index (χ4v) is 2.25. The third-order valence-corrected chi connectivity index (χ3v) is 3.57. The largest absolute Gasteiger partial charge is 0.493 e. The number of ether oxygens (including phenoxy) is 2. The quantitative estimate of drug-likeness (QED) is 0.659. The predicted molar refractivity (Wildman–Crippen MR) is 80.8 cm³/mol. The molecule has 0 fully saturated rings. The molecule has 0 aliphatic heterocycles. The van der Waals surface area contributed by atoms with Gasteiger partial charge >= 0.3 is 0 Å². The second-order valence-corrected chi connectivity index (χ2v) is 5.34. The smallest absolute Gasteiger partial charge is 0.255 e. The van der Waals surface area contributed by atoms with Crippen molar-refractivity contribution in [2.24, 2.45) is 5.73 Å². The van der Waals surface area contributed by atoms with E-state index in [9.17, 15) is 4.79 Å². The average molecular weight is 346 g/mol. The Morgan fingerprint density at radius 2 is 2.15 bits per heavy atom. The van der Waals surface area contributed by atoms with E-state index in [1.165, 1.54) is 12.8 Å². The highest BCUT2D eigenvalue weighted by molar-refractivity contribution is 9.10. The number of methoxy groups -OCH3 is 1. The first-order valence-electron chi connectivity index (χ1n) is 6.67. The lowest BCUT2D eigenvalue weighted by Crippen LogP contribution is -2.82. The molecule has 4 N–H and O–H groups in total. The molecular weight excluding hydrogens is 324 g/mol. The number of carbonyl (C=O) groups is 1. The summed E-state index contributed by atoms with van der Waals surface area (Å²) in [6.45, 7) is 3.99. The van der Waals surface area contributed by atoms with E-state index in [2.05, 4.69) is 28.2 Å². The van der Waals surface area contributed by atoms with Gasteiger partial charge in [-0.3, -0.25) is 4.79 Å². The van der Waals surface area contributed by atoms with E-state index in [1.807, 2.05) is 12.1 Å². The van der Waals surface area contributed by atoms with Crippen molar-refractivity contribution in [3.8, 4) is 11.5 Å². The van der Waals surface area contributed by atoms with Crippen LogP contribution >= 0.6 is 15.9 Å². The number of quaternary nitrogens is 1. The van der Waals surface area contributed by atoms with Crippen molar-refractivity contribution < 1.29 is 19.6 Å². The van der Waals surface area contributed by atoms with E-state index in [0.717, 1.165) is 23.1 Å². The Hall–Kier alpha value is -1.27. The van der Waals surface area contributed by atoms with E-state index in [0.29, 0.717) is 11.5 Å². The fourth-order valence-electron chi connectivity index (χ4n) is 1.76. The van der Waals surface area contributed by atoms with Gasteiger partial charge in [-0.05, 0) is 18.6 Å². The Kier molecular flexibility index (Phi) is 7.40. The van der Waals surface area contributed by atoms with Crippen LogP contribution in [0.5, 0.6) is 11.5 Å². The molecule has 0 unspecified atom stereocenters. The summed E-state index contributed by atoms with van der Waals surface area (Å²) in [7, 11) is 1.57.